The van der Waals surface area contributed by atoms with Gasteiger partial charge in [0.2, 0.25) is 0 Å². The third-order valence-electron chi connectivity index (χ3n) is 3.17. The van der Waals surface area contributed by atoms with Gasteiger partial charge in [0, 0.05) is 22.3 Å². The largest absolute Gasteiger partial charge is 1.00 e. The van der Waals surface area contributed by atoms with Crippen molar-refractivity contribution in [1.82, 2.24) is 0 Å². The van der Waals surface area contributed by atoms with Crippen LogP contribution in [0.25, 0.3) is 0 Å². The summed E-state index contributed by atoms with van der Waals surface area (Å²) in [5, 5.41) is 8.94. The van der Waals surface area contributed by atoms with Gasteiger partial charge < -0.3 is 6.53 Å². The van der Waals surface area contributed by atoms with Crippen LogP contribution in [-0.4, -0.2) is 22.6 Å². The molecule has 1 aliphatic rings. The normalized spacial score (nSPS) is 12.2. The molecule has 1 N–H and O–H groups in total. The van der Waals surface area contributed by atoms with E-state index in [0.717, 1.165) is 0 Å². The van der Waals surface area contributed by atoms with Gasteiger partial charge >= 0.3 is 24.8 Å². The van der Waals surface area contributed by atoms with Crippen molar-refractivity contribution in [3.8, 4) is 0 Å². The molecular formula is C15H9LiO4. The maximum absolute atomic E-state index is 12.3. The Labute approximate surface area is 128 Å². The summed E-state index contributed by atoms with van der Waals surface area (Å²) in [5.41, 5.74) is 1.10. The first-order chi connectivity index (χ1) is 9.09. The summed E-state index contributed by atoms with van der Waals surface area (Å²) < 4.78 is 0. The number of hydrogen-bond acceptors (Lipinski definition) is 3. The molecule has 0 saturated heterocycles. The first-order valence-electron chi connectivity index (χ1n) is 5.65. The number of carbonyl (C=O) groups excluding carboxylic acids is 2. The van der Waals surface area contributed by atoms with Crippen molar-refractivity contribution < 1.29 is 39.8 Å². The van der Waals surface area contributed by atoms with Crippen LogP contribution in [0.1, 0.15) is 43.6 Å². The van der Waals surface area contributed by atoms with Gasteiger partial charge in [-0.3, -0.25) is 9.59 Å². The number of carbonyl (C=O) groups is 3. The van der Waals surface area contributed by atoms with Crippen molar-refractivity contribution in [2.45, 2.75) is 0 Å². The molecule has 0 amide bonds. The molecule has 0 unspecified atom stereocenters. The van der Waals surface area contributed by atoms with Crippen LogP contribution >= 0.6 is 0 Å². The molecule has 0 saturated carbocycles. The van der Waals surface area contributed by atoms with E-state index in [1.54, 1.807) is 24.3 Å². The standard InChI is InChI=1S/C15H8O4.Li.H/c16-13-9-3-1-2-4-10(9)14(17)12-7-8(15(18)19)5-6-11(12)13;;/h1-7H,(H,18,19);;/q;+1;-1. The van der Waals surface area contributed by atoms with Crippen LogP contribution in [0.15, 0.2) is 42.5 Å². The van der Waals surface area contributed by atoms with Gasteiger partial charge in [0.15, 0.2) is 11.6 Å². The number of carboxylic acids is 1. The number of rotatable bonds is 1. The van der Waals surface area contributed by atoms with E-state index < -0.39 is 5.97 Å². The maximum atomic E-state index is 12.3. The van der Waals surface area contributed by atoms with E-state index in [1.807, 2.05) is 0 Å². The van der Waals surface area contributed by atoms with Crippen molar-refractivity contribution in [3.05, 3.63) is 70.3 Å². The van der Waals surface area contributed by atoms with Gasteiger partial charge in [-0.1, -0.05) is 24.3 Å². The Morgan fingerprint density at radius 3 is 1.90 bits per heavy atom. The molecular weight excluding hydrogens is 251 g/mol. The van der Waals surface area contributed by atoms with Gasteiger partial charge in [-0.05, 0) is 18.2 Å². The van der Waals surface area contributed by atoms with Crippen molar-refractivity contribution in [3.63, 3.8) is 0 Å². The van der Waals surface area contributed by atoms with Crippen LogP contribution in [0.3, 0.4) is 0 Å². The second-order valence-corrected chi connectivity index (χ2v) is 4.27. The molecule has 5 heteroatoms. The minimum atomic E-state index is -1.12. The first kappa shape index (κ1) is 14.3. The molecule has 0 bridgehead atoms. The average Bonchev–Trinajstić information content (AvgIpc) is 2.44. The summed E-state index contributed by atoms with van der Waals surface area (Å²) in [4.78, 5) is 35.4. The maximum Gasteiger partial charge on any atom is 1.00 e. The van der Waals surface area contributed by atoms with E-state index in [-0.39, 0.29) is 48.5 Å². The molecule has 0 fully saturated rings. The Morgan fingerprint density at radius 2 is 1.35 bits per heavy atom. The smallest absolute Gasteiger partial charge is 1.00 e. The molecule has 20 heavy (non-hydrogen) atoms. The van der Waals surface area contributed by atoms with Crippen molar-refractivity contribution >= 4 is 17.5 Å². The third kappa shape index (κ3) is 1.99. The molecule has 3 rings (SSSR count). The van der Waals surface area contributed by atoms with Gasteiger partial charge in [-0.15, -0.1) is 0 Å². The van der Waals surface area contributed by atoms with E-state index in [2.05, 4.69) is 0 Å². The number of aromatic carboxylic acids is 1. The molecule has 4 nitrogen and oxygen atoms in total. The SMILES string of the molecule is O=C(O)c1ccc2c(c1)C(=O)c1ccccc1C2=O.[H-].[Li+]. The molecule has 0 aliphatic heterocycles. The zero-order chi connectivity index (χ0) is 13.6. The summed E-state index contributed by atoms with van der Waals surface area (Å²) in [7, 11) is 0. The second kappa shape index (κ2) is 5.08. The predicted molar refractivity (Wildman–Crippen MR) is 67.8 cm³/mol. The molecule has 0 radical (unpaired) electrons. The Balaban J connectivity index is 0.00000110. The fourth-order valence-corrected chi connectivity index (χ4v) is 2.23. The third-order valence-corrected chi connectivity index (χ3v) is 3.17. The minimum absolute atomic E-state index is 0. The van der Waals surface area contributed by atoms with Crippen molar-refractivity contribution in [2.24, 2.45) is 0 Å². The van der Waals surface area contributed by atoms with Gasteiger partial charge in [-0.25, -0.2) is 4.79 Å². The Hall–Kier alpha value is -2.15. The quantitative estimate of drug-likeness (QED) is 0.586. The number of hydrogen-bond donors (Lipinski definition) is 1. The Kier molecular flexibility index (Phi) is 3.63. The minimum Gasteiger partial charge on any atom is -1.00 e. The molecule has 0 aromatic heterocycles. The van der Waals surface area contributed by atoms with Crippen LogP contribution in [-0.2, 0) is 0 Å². The molecule has 2 aromatic carbocycles. The van der Waals surface area contributed by atoms with Gasteiger partial charge in [0.25, 0.3) is 0 Å². The average molecular weight is 260 g/mol. The van der Waals surface area contributed by atoms with Crippen LogP contribution < -0.4 is 18.9 Å². The molecule has 0 spiro atoms. The van der Waals surface area contributed by atoms with E-state index in [1.165, 1.54) is 18.2 Å². The number of carboxylic acid groups (broad SMARTS) is 1. The van der Waals surface area contributed by atoms with Crippen LogP contribution in [0, 0.1) is 0 Å². The van der Waals surface area contributed by atoms with Crippen LogP contribution in [0.2, 0.25) is 0 Å². The number of ketones is 2. The fraction of sp³-hybridized carbons (Fsp3) is 0. The van der Waals surface area contributed by atoms with E-state index >= 15 is 0 Å². The van der Waals surface area contributed by atoms with Crippen molar-refractivity contribution in [2.75, 3.05) is 0 Å². The first-order valence-corrected chi connectivity index (χ1v) is 5.65. The summed E-state index contributed by atoms with van der Waals surface area (Å²) in [6, 6.07) is 10.5. The monoisotopic (exact) mass is 260 g/mol. The van der Waals surface area contributed by atoms with Gasteiger partial charge in [0.05, 0.1) is 5.56 Å². The summed E-state index contributed by atoms with van der Waals surface area (Å²) >= 11 is 0. The second-order valence-electron chi connectivity index (χ2n) is 4.27. The van der Waals surface area contributed by atoms with Gasteiger partial charge in [0.1, 0.15) is 0 Å². The summed E-state index contributed by atoms with van der Waals surface area (Å²) in [5.74, 6) is -1.68. The van der Waals surface area contributed by atoms with Crippen LogP contribution in [0.5, 0.6) is 0 Å². The molecule has 0 atom stereocenters. The van der Waals surface area contributed by atoms with Crippen LogP contribution in [0.4, 0.5) is 0 Å². The summed E-state index contributed by atoms with van der Waals surface area (Å²) in [6.45, 7) is 0. The molecule has 1 aliphatic carbocycles. The van der Waals surface area contributed by atoms with E-state index in [4.69, 9.17) is 5.11 Å². The number of benzene rings is 2. The number of fused-ring (bicyclic) bond motifs is 2. The fourth-order valence-electron chi connectivity index (χ4n) is 2.23. The summed E-state index contributed by atoms with van der Waals surface area (Å²) in [6.07, 6.45) is 0. The zero-order valence-electron chi connectivity index (χ0n) is 11.7. The Bertz CT molecular complexity index is 755. The van der Waals surface area contributed by atoms with Crippen molar-refractivity contribution in [1.29, 1.82) is 0 Å². The molecule has 0 heterocycles. The topological polar surface area (TPSA) is 71.4 Å². The molecule has 94 valence electrons. The van der Waals surface area contributed by atoms with E-state index in [9.17, 15) is 14.4 Å². The predicted octanol–water partition coefficient (Wildman–Crippen LogP) is -0.723. The van der Waals surface area contributed by atoms with Gasteiger partial charge in [-0.2, -0.15) is 0 Å². The van der Waals surface area contributed by atoms with E-state index in [0.29, 0.717) is 11.1 Å². The molecule has 2 aromatic rings. The Morgan fingerprint density at radius 1 is 0.850 bits per heavy atom. The zero-order valence-corrected chi connectivity index (χ0v) is 10.7.